The fourth-order valence-electron chi connectivity index (χ4n) is 1.09. The molecule has 2 rings (SSSR count). The molecule has 0 radical (unpaired) electrons. The molecule has 0 unspecified atom stereocenters. The van der Waals surface area contributed by atoms with E-state index in [1.54, 1.807) is 6.26 Å². The molecule has 2 aromatic rings. The van der Waals surface area contributed by atoms with Crippen LogP contribution in [0.15, 0.2) is 35.1 Å². The third-order valence-electron chi connectivity index (χ3n) is 1.74. The molecule has 2 heterocycles. The van der Waals surface area contributed by atoms with Crippen LogP contribution in [-0.2, 0) is 6.54 Å². The van der Waals surface area contributed by atoms with E-state index in [1.165, 1.54) is 0 Å². The summed E-state index contributed by atoms with van der Waals surface area (Å²) in [5.41, 5.74) is 0.891. The van der Waals surface area contributed by atoms with Gasteiger partial charge in [-0.15, -0.1) is 0 Å². The van der Waals surface area contributed by atoms with Gasteiger partial charge >= 0.3 is 0 Å². The molecule has 0 aliphatic heterocycles. The van der Waals surface area contributed by atoms with Gasteiger partial charge in [-0.3, -0.25) is 4.68 Å². The number of aromatic nitrogens is 2. The van der Waals surface area contributed by atoms with Crippen molar-refractivity contribution in [1.29, 1.82) is 0 Å². The fraction of sp³-hybridized carbons (Fsp3) is 0.462. The van der Waals surface area contributed by atoms with Crippen molar-refractivity contribution in [2.24, 2.45) is 0 Å². The molecule has 0 spiro atoms. The monoisotopic (exact) mass is 222 g/mol. The zero-order valence-corrected chi connectivity index (χ0v) is 10.9. The Bertz CT molecular complexity index is 350. The summed E-state index contributed by atoms with van der Waals surface area (Å²) in [5.74, 6) is 0.821. The third-order valence-corrected chi connectivity index (χ3v) is 1.74. The first kappa shape index (κ1) is 14.5. The highest BCUT2D eigenvalue weighted by Crippen LogP contribution is 2.16. The number of rotatable bonds is 2. The van der Waals surface area contributed by atoms with Crippen molar-refractivity contribution in [3.63, 3.8) is 0 Å². The molecule has 16 heavy (non-hydrogen) atoms. The Morgan fingerprint density at radius 3 is 2.31 bits per heavy atom. The van der Waals surface area contributed by atoms with Gasteiger partial charge in [0, 0.05) is 12.7 Å². The molecule has 0 atom stereocenters. The number of hydrogen-bond donors (Lipinski definition) is 0. The van der Waals surface area contributed by atoms with Crippen LogP contribution < -0.4 is 0 Å². The molecule has 3 heteroatoms. The molecule has 3 nitrogen and oxygen atoms in total. The van der Waals surface area contributed by atoms with Crippen LogP contribution in [0.25, 0.3) is 11.5 Å². The van der Waals surface area contributed by atoms with Gasteiger partial charge in [-0.05, 0) is 25.1 Å². The molecule has 2 aromatic heterocycles. The summed E-state index contributed by atoms with van der Waals surface area (Å²) < 4.78 is 7.07. The maximum atomic E-state index is 5.20. The zero-order valence-electron chi connectivity index (χ0n) is 10.9. The molecular weight excluding hydrogens is 200 g/mol. The van der Waals surface area contributed by atoms with Crippen LogP contribution in [0.2, 0.25) is 0 Å². The predicted octanol–water partition coefficient (Wildman–Crippen LogP) is 4.22. The van der Waals surface area contributed by atoms with Gasteiger partial charge in [0.1, 0.15) is 5.69 Å². The van der Waals surface area contributed by atoms with Gasteiger partial charge < -0.3 is 4.42 Å². The smallest absolute Gasteiger partial charge is 0.154 e. The number of nitrogens with zero attached hydrogens (tertiary/aromatic N) is 2. The van der Waals surface area contributed by atoms with E-state index in [2.05, 4.69) is 12.0 Å². The molecule has 0 bridgehead atoms. The van der Waals surface area contributed by atoms with E-state index in [0.717, 1.165) is 18.0 Å². The topological polar surface area (TPSA) is 31.0 Å². The van der Waals surface area contributed by atoms with E-state index in [9.17, 15) is 0 Å². The fourth-order valence-corrected chi connectivity index (χ4v) is 1.09. The van der Waals surface area contributed by atoms with Gasteiger partial charge in [-0.2, -0.15) is 5.10 Å². The van der Waals surface area contributed by atoms with E-state index in [1.807, 2.05) is 56.8 Å². The minimum atomic E-state index is 0.821. The maximum Gasteiger partial charge on any atom is 0.154 e. The van der Waals surface area contributed by atoms with E-state index in [4.69, 9.17) is 4.42 Å². The van der Waals surface area contributed by atoms with E-state index in [-0.39, 0.29) is 0 Å². The second-order valence-electron chi connectivity index (χ2n) is 2.53. The normalized spacial score (nSPS) is 8.56. The maximum absolute atomic E-state index is 5.20. The molecule has 0 N–H and O–H groups in total. The van der Waals surface area contributed by atoms with Crippen LogP contribution in [0.1, 0.15) is 34.6 Å². The first-order valence-electron chi connectivity index (χ1n) is 5.97. The Morgan fingerprint density at radius 1 is 1.19 bits per heavy atom. The largest absolute Gasteiger partial charge is 0.463 e. The van der Waals surface area contributed by atoms with Gasteiger partial charge in [0.25, 0.3) is 0 Å². The highest BCUT2D eigenvalue weighted by molar-refractivity contribution is 5.50. The molecule has 0 saturated carbocycles. The second-order valence-corrected chi connectivity index (χ2v) is 2.53. The minimum absolute atomic E-state index is 0.821. The number of furan rings is 1. The lowest BCUT2D eigenvalue weighted by atomic mass is 10.3. The molecule has 0 aliphatic carbocycles. The lowest BCUT2D eigenvalue weighted by Gasteiger charge is -1.91. The molecule has 0 aliphatic rings. The zero-order chi connectivity index (χ0) is 12.4. The quantitative estimate of drug-likeness (QED) is 0.762. The van der Waals surface area contributed by atoms with Gasteiger partial charge in [0.2, 0.25) is 0 Å². The number of aryl methyl sites for hydroxylation is 1. The van der Waals surface area contributed by atoms with Gasteiger partial charge in [-0.25, -0.2) is 0 Å². The van der Waals surface area contributed by atoms with Crippen LogP contribution >= 0.6 is 0 Å². The van der Waals surface area contributed by atoms with Gasteiger partial charge in [0.15, 0.2) is 5.76 Å². The molecule has 0 fully saturated rings. The highest BCUT2D eigenvalue weighted by Gasteiger charge is 2.02. The molecular formula is C13H22N2O. The first-order valence-corrected chi connectivity index (χ1v) is 5.97. The van der Waals surface area contributed by atoms with Crippen molar-refractivity contribution < 1.29 is 4.42 Å². The van der Waals surface area contributed by atoms with Gasteiger partial charge in [0.05, 0.1) is 6.26 Å². The average molecular weight is 222 g/mol. The lowest BCUT2D eigenvalue weighted by Crippen LogP contribution is -1.93. The van der Waals surface area contributed by atoms with Crippen molar-refractivity contribution in [2.75, 3.05) is 0 Å². The SMILES string of the molecule is CC.CC.CCn1ccc(-c2ccco2)n1. The van der Waals surface area contributed by atoms with Crippen molar-refractivity contribution in [3.05, 3.63) is 30.7 Å². The Morgan fingerprint density at radius 2 is 1.88 bits per heavy atom. The molecule has 90 valence electrons. The third kappa shape index (κ3) is 3.93. The second kappa shape index (κ2) is 8.77. The Hall–Kier alpha value is -1.51. The molecule has 0 amide bonds. The van der Waals surface area contributed by atoms with Crippen LogP contribution in [0.5, 0.6) is 0 Å². The summed E-state index contributed by atoms with van der Waals surface area (Å²) >= 11 is 0. The standard InChI is InChI=1S/C9H10N2O.2C2H6/c1-2-11-6-5-8(10-11)9-4-3-7-12-9;2*1-2/h3-7H,2H2,1H3;2*1-2H3. The van der Waals surface area contributed by atoms with Crippen molar-refractivity contribution in [1.82, 2.24) is 9.78 Å². The van der Waals surface area contributed by atoms with Crippen LogP contribution in [0.3, 0.4) is 0 Å². The van der Waals surface area contributed by atoms with Crippen molar-refractivity contribution in [3.8, 4) is 11.5 Å². The van der Waals surface area contributed by atoms with E-state index < -0.39 is 0 Å². The van der Waals surface area contributed by atoms with Crippen molar-refractivity contribution >= 4 is 0 Å². The summed E-state index contributed by atoms with van der Waals surface area (Å²) in [7, 11) is 0. The summed E-state index contributed by atoms with van der Waals surface area (Å²) in [4.78, 5) is 0. The van der Waals surface area contributed by atoms with Crippen LogP contribution in [0, 0.1) is 0 Å². The predicted molar refractivity (Wildman–Crippen MR) is 68.3 cm³/mol. The molecule has 0 aromatic carbocycles. The summed E-state index contributed by atoms with van der Waals surface area (Å²) in [6.45, 7) is 10.9. The first-order chi connectivity index (χ1) is 7.90. The Kier molecular flexibility index (Phi) is 7.94. The lowest BCUT2D eigenvalue weighted by molar-refractivity contribution is 0.575. The Labute approximate surface area is 98.1 Å². The molecule has 0 saturated heterocycles. The summed E-state index contributed by atoms with van der Waals surface area (Å²) in [5, 5.41) is 4.29. The average Bonchev–Trinajstić information content (AvgIpc) is 3.04. The highest BCUT2D eigenvalue weighted by atomic mass is 16.3. The van der Waals surface area contributed by atoms with Crippen molar-refractivity contribution in [2.45, 2.75) is 41.2 Å². The van der Waals surface area contributed by atoms with Gasteiger partial charge in [-0.1, -0.05) is 27.7 Å². The Balaban J connectivity index is 0.000000509. The van der Waals surface area contributed by atoms with E-state index in [0.29, 0.717) is 0 Å². The summed E-state index contributed by atoms with van der Waals surface area (Å²) in [6.07, 6.45) is 3.60. The minimum Gasteiger partial charge on any atom is -0.463 e. The van der Waals surface area contributed by atoms with Crippen LogP contribution in [0.4, 0.5) is 0 Å². The number of hydrogen-bond acceptors (Lipinski definition) is 2. The van der Waals surface area contributed by atoms with E-state index >= 15 is 0 Å². The van der Waals surface area contributed by atoms with Crippen LogP contribution in [-0.4, -0.2) is 9.78 Å². The summed E-state index contributed by atoms with van der Waals surface area (Å²) in [6, 6.07) is 5.71.